The molecule has 6 heteroatoms. The second kappa shape index (κ2) is 7.07. The number of nitrogens with zero attached hydrogens (tertiary/aromatic N) is 3. The summed E-state index contributed by atoms with van der Waals surface area (Å²) in [5.41, 5.74) is 5.92. The van der Waals surface area contributed by atoms with E-state index in [1.54, 1.807) is 18.3 Å². The fourth-order valence-electron chi connectivity index (χ4n) is 3.00. The van der Waals surface area contributed by atoms with Crippen LogP contribution in [0.15, 0.2) is 18.3 Å². The van der Waals surface area contributed by atoms with E-state index in [0.717, 1.165) is 39.0 Å². The first-order valence-electron chi connectivity index (χ1n) is 7.86. The summed E-state index contributed by atoms with van der Waals surface area (Å²) in [5, 5.41) is 3.39. The molecule has 1 fully saturated rings. The van der Waals surface area contributed by atoms with Gasteiger partial charge in [0.1, 0.15) is 5.82 Å². The summed E-state index contributed by atoms with van der Waals surface area (Å²) in [6.07, 6.45) is 3.86. The number of hydrogen-bond donors (Lipinski definition) is 2. The van der Waals surface area contributed by atoms with Gasteiger partial charge in [-0.25, -0.2) is 4.98 Å². The zero-order valence-electron chi connectivity index (χ0n) is 13.8. The van der Waals surface area contributed by atoms with Crippen LogP contribution in [-0.4, -0.2) is 66.5 Å². The molecule has 0 radical (unpaired) electrons. The Morgan fingerprint density at radius 3 is 2.68 bits per heavy atom. The molecule has 1 amide bonds. The molecule has 1 aliphatic rings. The van der Waals surface area contributed by atoms with Crippen LogP contribution in [0.5, 0.6) is 0 Å². The van der Waals surface area contributed by atoms with Crippen LogP contribution in [0.4, 0.5) is 5.82 Å². The molecular weight excluding hydrogens is 278 g/mol. The maximum absolute atomic E-state index is 11.3. The monoisotopic (exact) mass is 305 g/mol. The third kappa shape index (κ3) is 3.75. The van der Waals surface area contributed by atoms with Gasteiger partial charge >= 0.3 is 0 Å². The normalized spacial score (nSPS) is 18.4. The van der Waals surface area contributed by atoms with Gasteiger partial charge in [0.05, 0.1) is 0 Å². The number of carbonyl (C=O) groups excluding carboxylic acids is 1. The molecule has 2 heterocycles. The van der Waals surface area contributed by atoms with Gasteiger partial charge in [-0.05, 0) is 58.7 Å². The number of likely N-dealkylation sites (N-methyl/N-ethyl adjacent to an activating group) is 1. The molecule has 3 N–H and O–H groups in total. The first-order chi connectivity index (χ1) is 10.5. The van der Waals surface area contributed by atoms with Crippen molar-refractivity contribution >= 4 is 11.7 Å². The number of nitrogens with two attached hydrogens (primary N) is 1. The van der Waals surface area contributed by atoms with E-state index in [-0.39, 0.29) is 5.54 Å². The van der Waals surface area contributed by atoms with Crippen molar-refractivity contribution in [2.75, 3.05) is 45.6 Å². The minimum atomic E-state index is -0.427. The van der Waals surface area contributed by atoms with Crippen LogP contribution in [0.2, 0.25) is 0 Å². The van der Waals surface area contributed by atoms with Crippen molar-refractivity contribution in [1.82, 2.24) is 14.8 Å². The Morgan fingerprint density at radius 2 is 2.14 bits per heavy atom. The number of primary amides is 1. The first kappa shape index (κ1) is 16.7. The molecular formula is C16H27N5O. The number of carbonyl (C=O) groups is 1. The highest BCUT2D eigenvalue weighted by Gasteiger charge is 2.36. The van der Waals surface area contributed by atoms with Crippen molar-refractivity contribution in [3.63, 3.8) is 0 Å². The van der Waals surface area contributed by atoms with E-state index >= 15 is 0 Å². The van der Waals surface area contributed by atoms with Gasteiger partial charge in [-0.15, -0.1) is 0 Å². The molecule has 1 aromatic rings. The summed E-state index contributed by atoms with van der Waals surface area (Å²) in [6, 6.07) is 3.35. The minimum absolute atomic E-state index is 0.121. The summed E-state index contributed by atoms with van der Waals surface area (Å²) in [7, 11) is 4.27. The number of aromatic nitrogens is 1. The van der Waals surface area contributed by atoms with Gasteiger partial charge in [-0.2, -0.15) is 0 Å². The van der Waals surface area contributed by atoms with Crippen molar-refractivity contribution in [2.45, 2.75) is 25.3 Å². The molecule has 0 spiro atoms. The number of piperidine rings is 1. The Hall–Kier alpha value is -1.66. The Bertz CT molecular complexity index is 509. The predicted molar refractivity (Wildman–Crippen MR) is 89.0 cm³/mol. The van der Waals surface area contributed by atoms with Crippen molar-refractivity contribution in [1.29, 1.82) is 0 Å². The van der Waals surface area contributed by atoms with E-state index in [2.05, 4.69) is 41.1 Å². The number of pyridine rings is 1. The van der Waals surface area contributed by atoms with E-state index in [9.17, 15) is 4.79 Å². The lowest BCUT2D eigenvalue weighted by molar-refractivity contribution is 0.0686. The quantitative estimate of drug-likeness (QED) is 0.820. The molecule has 1 aromatic heterocycles. The second-order valence-electron chi connectivity index (χ2n) is 6.20. The van der Waals surface area contributed by atoms with Gasteiger partial charge < -0.3 is 20.9 Å². The Balaban J connectivity index is 2.04. The highest BCUT2D eigenvalue weighted by molar-refractivity contribution is 5.93. The van der Waals surface area contributed by atoms with Crippen LogP contribution >= 0.6 is 0 Å². The van der Waals surface area contributed by atoms with Crippen molar-refractivity contribution in [3.05, 3.63) is 23.9 Å². The summed E-state index contributed by atoms with van der Waals surface area (Å²) in [4.78, 5) is 20.3. The van der Waals surface area contributed by atoms with Gasteiger partial charge in [0, 0.05) is 23.8 Å². The zero-order chi connectivity index (χ0) is 16.2. The topological polar surface area (TPSA) is 74.5 Å². The average molecular weight is 305 g/mol. The summed E-state index contributed by atoms with van der Waals surface area (Å²) < 4.78 is 0. The Kier molecular flexibility index (Phi) is 5.37. The highest BCUT2D eigenvalue weighted by atomic mass is 16.1. The molecule has 122 valence electrons. The summed E-state index contributed by atoms with van der Waals surface area (Å²) in [5.74, 6) is 0.277. The van der Waals surface area contributed by atoms with Gasteiger partial charge in [0.25, 0.3) is 0 Å². The molecule has 0 atom stereocenters. The molecule has 0 saturated carbocycles. The van der Waals surface area contributed by atoms with E-state index in [0.29, 0.717) is 11.4 Å². The predicted octanol–water partition coefficient (Wildman–Crippen LogP) is 1.01. The molecule has 0 unspecified atom stereocenters. The number of hydrogen-bond acceptors (Lipinski definition) is 5. The molecule has 0 aliphatic carbocycles. The maximum atomic E-state index is 11.3. The molecule has 1 aliphatic heterocycles. The lowest BCUT2D eigenvalue weighted by Crippen LogP contribution is -2.56. The molecule has 0 bridgehead atoms. The van der Waals surface area contributed by atoms with Gasteiger partial charge in [-0.1, -0.05) is 6.92 Å². The number of nitrogens with one attached hydrogen (secondary N) is 1. The Labute approximate surface area is 132 Å². The van der Waals surface area contributed by atoms with E-state index in [4.69, 9.17) is 5.73 Å². The van der Waals surface area contributed by atoms with Gasteiger partial charge in [-0.3, -0.25) is 4.79 Å². The average Bonchev–Trinajstić information content (AvgIpc) is 2.53. The van der Waals surface area contributed by atoms with E-state index in [1.165, 1.54) is 0 Å². The summed E-state index contributed by atoms with van der Waals surface area (Å²) in [6.45, 7) is 6.36. The number of amides is 1. The lowest BCUT2D eigenvalue weighted by Gasteiger charge is -2.46. The fourth-order valence-corrected chi connectivity index (χ4v) is 3.00. The standard InChI is InChI=1S/C16H27N5O/c1-4-21-9-6-16(7-10-21,20(2)3)12-19-14-11-13(15(17)22)5-8-18-14/h5,8,11H,4,6-7,9-10,12H2,1-3H3,(H2,17,22)(H,18,19). The van der Waals surface area contributed by atoms with Crippen LogP contribution in [0, 0.1) is 0 Å². The SMILES string of the molecule is CCN1CCC(CNc2cc(C(N)=O)ccn2)(N(C)C)CC1. The largest absolute Gasteiger partial charge is 0.368 e. The second-order valence-corrected chi connectivity index (χ2v) is 6.20. The zero-order valence-corrected chi connectivity index (χ0v) is 13.8. The van der Waals surface area contributed by atoms with Crippen LogP contribution < -0.4 is 11.1 Å². The first-order valence-corrected chi connectivity index (χ1v) is 7.86. The smallest absolute Gasteiger partial charge is 0.248 e. The molecule has 22 heavy (non-hydrogen) atoms. The molecule has 1 saturated heterocycles. The minimum Gasteiger partial charge on any atom is -0.368 e. The van der Waals surface area contributed by atoms with Crippen molar-refractivity contribution < 1.29 is 4.79 Å². The fraction of sp³-hybridized carbons (Fsp3) is 0.625. The van der Waals surface area contributed by atoms with E-state index < -0.39 is 5.91 Å². The van der Waals surface area contributed by atoms with Crippen molar-refractivity contribution in [3.8, 4) is 0 Å². The number of rotatable bonds is 6. The summed E-state index contributed by atoms with van der Waals surface area (Å²) >= 11 is 0. The number of anilines is 1. The molecule has 0 aromatic carbocycles. The molecule has 2 rings (SSSR count). The maximum Gasteiger partial charge on any atom is 0.248 e. The Morgan fingerprint density at radius 1 is 1.45 bits per heavy atom. The van der Waals surface area contributed by atoms with E-state index in [1.807, 2.05) is 0 Å². The van der Waals surface area contributed by atoms with Gasteiger partial charge in [0.2, 0.25) is 5.91 Å². The van der Waals surface area contributed by atoms with Crippen LogP contribution in [0.3, 0.4) is 0 Å². The lowest BCUT2D eigenvalue weighted by atomic mass is 9.86. The highest BCUT2D eigenvalue weighted by Crippen LogP contribution is 2.27. The van der Waals surface area contributed by atoms with Crippen LogP contribution in [0.1, 0.15) is 30.1 Å². The van der Waals surface area contributed by atoms with Crippen molar-refractivity contribution in [2.24, 2.45) is 5.73 Å². The third-order valence-corrected chi connectivity index (χ3v) is 4.83. The molecule has 6 nitrogen and oxygen atoms in total. The number of likely N-dealkylation sites (tertiary alicyclic amines) is 1. The van der Waals surface area contributed by atoms with Gasteiger partial charge in [0.15, 0.2) is 0 Å². The van der Waals surface area contributed by atoms with Crippen LogP contribution in [0.25, 0.3) is 0 Å². The third-order valence-electron chi connectivity index (χ3n) is 4.83. The van der Waals surface area contributed by atoms with Crippen LogP contribution in [-0.2, 0) is 0 Å².